The number of rotatable bonds is 8. The molecule has 1 aliphatic heterocycles. The van der Waals surface area contributed by atoms with E-state index in [2.05, 4.69) is 0 Å². The van der Waals surface area contributed by atoms with Gasteiger partial charge in [-0.1, -0.05) is 19.9 Å². The Morgan fingerprint density at radius 3 is 2.30 bits per heavy atom. The molecule has 3 rings (SSSR count). The quantitative estimate of drug-likeness (QED) is 0.616. The average molecular weight is 415 g/mol. The summed E-state index contributed by atoms with van der Waals surface area (Å²) in [6.07, 6.45) is 0. The molecule has 162 valence electrons. The van der Waals surface area contributed by atoms with E-state index in [4.69, 9.17) is 14.2 Å². The summed E-state index contributed by atoms with van der Waals surface area (Å²) in [4.78, 5) is 29.0. The molecule has 0 atom stereocenters. The lowest BCUT2D eigenvalue weighted by atomic mass is 10.1. The minimum absolute atomic E-state index is 0.108. The second kappa shape index (κ2) is 10.6. The van der Waals surface area contributed by atoms with Gasteiger partial charge in [0.1, 0.15) is 23.9 Å². The third-order valence-corrected chi connectivity index (χ3v) is 4.58. The Morgan fingerprint density at radius 2 is 1.67 bits per heavy atom. The van der Waals surface area contributed by atoms with Crippen LogP contribution >= 0.6 is 0 Å². The predicted molar refractivity (Wildman–Crippen MR) is 116 cm³/mol. The maximum Gasteiger partial charge on any atom is 0.265 e. The standard InChI is InChI=1S/C21H24N2O5.C2H6/c1-22(2)10-11-28-17-7-5-6-16-19(17)21(25)23(20(16)24)13-14-8-9-15(26-3)12-18(14)27-4;1-2/h5-9,12H,10-11,13H2,1-4H3;1-2H3. The number of nitrogens with zero attached hydrogens (tertiary/aromatic N) is 2. The van der Waals surface area contributed by atoms with Crippen molar-refractivity contribution in [1.82, 2.24) is 9.80 Å². The van der Waals surface area contributed by atoms with Crippen molar-refractivity contribution in [3.63, 3.8) is 0 Å². The summed E-state index contributed by atoms with van der Waals surface area (Å²) in [7, 11) is 6.99. The maximum absolute atomic E-state index is 13.0. The summed E-state index contributed by atoms with van der Waals surface area (Å²) in [5.74, 6) is 0.925. The monoisotopic (exact) mass is 414 g/mol. The molecule has 2 aromatic carbocycles. The number of carbonyl (C=O) groups excluding carboxylic acids is 2. The van der Waals surface area contributed by atoms with E-state index in [1.165, 1.54) is 12.0 Å². The van der Waals surface area contributed by atoms with E-state index in [9.17, 15) is 9.59 Å². The van der Waals surface area contributed by atoms with Crippen LogP contribution in [0.4, 0.5) is 0 Å². The number of fused-ring (bicyclic) bond motifs is 1. The molecule has 1 aliphatic rings. The van der Waals surface area contributed by atoms with Crippen molar-refractivity contribution in [3.05, 3.63) is 53.1 Å². The molecule has 1 heterocycles. The molecule has 0 bridgehead atoms. The highest BCUT2D eigenvalue weighted by molar-refractivity contribution is 6.22. The highest BCUT2D eigenvalue weighted by Gasteiger charge is 2.38. The SMILES string of the molecule is CC.COc1ccc(CN2C(=O)c3cccc(OCCN(C)C)c3C2=O)c(OC)c1. The van der Waals surface area contributed by atoms with Gasteiger partial charge in [-0.05, 0) is 38.4 Å². The van der Waals surface area contributed by atoms with Gasteiger partial charge in [0.05, 0.1) is 31.9 Å². The Morgan fingerprint density at radius 1 is 0.933 bits per heavy atom. The predicted octanol–water partition coefficient (Wildman–Crippen LogP) is 3.47. The molecular formula is C23H30N2O5. The molecule has 0 saturated heterocycles. The maximum atomic E-state index is 13.0. The molecule has 0 unspecified atom stereocenters. The third kappa shape index (κ3) is 4.91. The van der Waals surface area contributed by atoms with Gasteiger partial charge in [-0.15, -0.1) is 0 Å². The van der Waals surface area contributed by atoms with Gasteiger partial charge in [-0.3, -0.25) is 14.5 Å². The van der Waals surface area contributed by atoms with Crippen LogP contribution in [0.3, 0.4) is 0 Å². The van der Waals surface area contributed by atoms with E-state index < -0.39 is 0 Å². The molecule has 0 fully saturated rings. The van der Waals surface area contributed by atoms with E-state index >= 15 is 0 Å². The molecule has 30 heavy (non-hydrogen) atoms. The zero-order valence-corrected chi connectivity index (χ0v) is 18.5. The number of imide groups is 1. The van der Waals surface area contributed by atoms with Crippen molar-refractivity contribution >= 4 is 11.8 Å². The number of methoxy groups -OCH3 is 2. The number of ether oxygens (including phenoxy) is 3. The fourth-order valence-electron chi connectivity index (χ4n) is 3.06. The Hall–Kier alpha value is -3.06. The van der Waals surface area contributed by atoms with Crippen LogP contribution in [0.1, 0.15) is 40.1 Å². The van der Waals surface area contributed by atoms with Gasteiger partial charge in [-0.2, -0.15) is 0 Å². The molecule has 2 aromatic rings. The van der Waals surface area contributed by atoms with Crippen LogP contribution in [0.5, 0.6) is 17.2 Å². The molecule has 0 saturated carbocycles. The molecule has 0 radical (unpaired) electrons. The van der Waals surface area contributed by atoms with Gasteiger partial charge in [0.15, 0.2) is 0 Å². The first-order valence-electron chi connectivity index (χ1n) is 9.94. The minimum Gasteiger partial charge on any atom is -0.497 e. The van der Waals surface area contributed by atoms with Gasteiger partial charge in [0.25, 0.3) is 11.8 Å². The fourth-order valence-corrected chi connectivity index (χ4v) is 3.06. The summed E-state index contributed by atoms with van der Waals surface area (Å²) >= 11 is 0. The zero-order valence-electron chi connectivity index (χ0n) is 18.5. The second-order valence-electron chi connectivity index (χ2n) is 6.70. The molecule has 7 heteroatoms. The van der Waals surface area contributed by atoms with Gasteiger partial charge in [0, 0.05) is 18.2 Å². The normalized spacial score (nSPS) is 12.4. The molecule has 0 N–H and O–H groups in total. The van der Waals surface area contributed by atoms with Crippen molar-refractivity contribution in [3.8, 4) is 17.2 Å². The Kier molecular flexibility index (Phi) is 8.24. The number of hydrogen-bond donors (Lipinski definition) is 0. The van der Waals surface area contributed by atoms with Crippen molar-refractivity contribution in [2.45, 2.75) is 20.4 Å². The first-order valence-corrected chi connectivity index (χ1v) is 9.94. The molecular weight excluding hydrogens is 384 g/mol. The molecule has 0 aliphatic carbocycles. The van der Waals surface area contributed by atoms with Gasteiger partial charge in [0.2, 0.25) is 0 Å². The van der Waals surface area contributed by atoms with Crippen LogP contribution in [-0.2, 0) is 6.54 Å². The molecule has 0 aromatic heterocycles. The summed E-state index contributed by atoms with van der Waals surface area (Å²) in [6, 6.07) is 10.4. The van der Waals surface area contributed by atoms with Crippen LogP contribution in [0.15, 0.2) is 36.4 Å². The lowest BCUT2D eigenvalue weighted by Gasteiger charge is -2.17. The van der Waals surface area contributed by atoms with Gasteiger partial charge in [-0.25, -0.2) is 0 Å². The summed E-state index contributed by atoms with van der Waals surface area (Å²) in [5.41, 5.74) is 1.39. The highest BCUT2D eigenvalue weighted by Crippen LogP contribution is 2.34. The molecule has 7 nitrogen and oxygen atoms in total. The van der Waals surface area contributed by atoms with Crippen molar-refractivity contribution in [1.29, 1.82) is 0 Å². The second-order valence-corrected chi connectivity index (χ2v) is 6.70. The van der Waals surface area contributed by atoms with E-state index in [-0.39, 0.29) is 18.4 Å². The van der Waals surface area contributed by atoms with E-state index in [0.29, 0.717) is 47.1 Å². The lowest BCUT2D eigenvalue weighted by Crippen LogP contribution is -2.29. The van der Waals surface area contributed by atoms with Gasteiger partial charge >= 0.3 is 0 Å². The summed E-state index contributed by atoms with van der Waals surface area (Å²) in [5, 5.41) is 0. The highest BCUT2D eigenvalue weighted by atomic mass is 16.5. The smallest absolute Gasteiger partial charge is 0.265 e. The third-order valence-electron chi connectivity index (χ3n) is 4.58. The number of carbonyl (C=O) groups is 2. The Bertz CT molecular complexity index is 895. The molecule has 0 spiro atoms. The summed E-state index contributed by atoms with van der Waals surface area (Å²) < 4.78 is 16.4. The summed E-state index contributed by atoms with van der Waals surface area (Å²) in [6.45, 7) is 5.24. The van der Waals surface area contributed by atoms with Crippen LogP contribution in [0.25, 0.3) is 0 Å². The average Bonchev–Trinajstić information content (AvgIpc) is 3.00. The fraction of sp³-hybridized carbons (Fsp3) is 0.391. The minimum atomic E-state index is -0.363. The van der Waals surface area contributed by atoms with Gasteiger partial charge < -0.3 is 19.1 Å². The first-order chi connectivity index (χ1) is 14.5. The zero-order chi connectivity index (χ0) is 22.3. The molecule has 2 amide bonds. The Balaban J connectivity index is 0.00000155. The van der Waals surface area contributed by atoms with E-state index in [1.54, 1.807) is 43.5 Å². The van der Waals surface area contributed by atoms with Crippen LogP contribution in [0.2, 0.25) is 0 Å². The van der Waals surface area contributed by atoms with Crippen LogP contribution < -0.4 is 14.2 Å². The van der Waals surface area contributed by atoms with Crippen LogP contribution in [0, 0.1) is 0 Å². The number of likely N-dealkylation sites (N-methyl/N-ethyl adjacent to an activating group) is 1. The van der Waals surface area contributed by atoms with Crippen molar-refractivity contribution in [2.75, 3.05) is 41.5 Å². The first kappa shape index (κ1) is 23.2. The Labute approximate surface area is 178 Å². The van der Waals surface area contributed by atoms with Crippen molar-refractivity contribution in [2.24, 2.45) is 0 Å². The number of amides is 2. The number of benzene rings is 2. The van der Waals surface area contributed by atoms with E-state index in [0.717, 1.165) is 0 Å². The van der Waals surface area contributed by atoms with Crippen molar-refractivity contribution < 1.29 is 23.8 Å². The van der Waals surface area contributed by atoms with E-state index in [1.807, 2.05) is 32.8 Å². The topological polar surface area (TPSA) is 68.3 Å². The largest absolute Gasteiger partial charge is 0.497 e. The lowest BCUT2D eigenvalue weighted by molar-refractivity contribution is 0.0640. The van der Waals surface area contributed by atoms with Crippen LogP contribution in [-0.4, -0.2) is 63.1 Å². The number of hydrogen-bond acceptors (Lipinski definition) is 6.